The molecule has 2 heterocycles. The van der Waals surface area contributed by atoms with Gasteiger partial charge in [-0.1, -0.05) is 18.9 Å². The number of pyridine rings is 1. The van der Waals surface area contributed by atoms with Gasteiger partial charge in [-0.2, -0.15) is 0 Å². The summed E-state index contributed by atoms with van der Waals surface area (Å²) in [6.45, 7) is 2.31. The topological polar surface area (TPSA) is 36.4 Å². The normalized spacial score (nSPS) is 17.5. The highest BCUT2D eigenvalue weighted by Crippen LogP contribution is 2.17. The van der Waals surface area contributed by atoms with Crippen molar-refractivity contribution in [2.24, 2.45) is 0 Å². The van der Waals surface area contributed by atoms with E-state index >= 15 is 0 Å². The second kappa shape index (κ2) is 5.12. The third-order valence-electron chi connectivity index (χ3n) is 2.92. The van der Waals surface area contributed by atoms with E-state index in [9.17, 15) is 0 Å². The van der Waals surface area contributed by atoms with Crippen LogP contribution in [0.4, 0.5) is 5.82 Å². The molecule has 1 aliphatic heterocycles. The van der Waals surface area contributed by atoms with Gasteiger partial charge < -0.3 is 10.0 Å². The molecule has 1 N–H and O–H groups in total. The zero-order valence-electron chi connectivity index (χ0n) is 9.02. The van der Waals surface area contributed by atoms with Crippen molar-refractivity contribution < 1.29 is 5.11 Å². The molecule has 1 aliphatic rings. The lowest BCUT2D eigenvalue weighted by Crippen LogP contribution is -2.24. The van der Waals surface area contributed by atoms with Gasteiger partial charge in [-0.15, -0.1) is 0 Å². The lowest BCUT2D eigenvalue weighted by molar-refractivity contribution is 0.281. The van der Waals surface area contributed by atoms with Gasteiger partial charge in [-0.25, -0.2) is 4.98 Å². The average Bonchev–Trinajstić information content (AvgIpc) is 2.58. The summed E-state index contributed by atoms with van der Waals surface area (Å²) in [6, 6.07) is 3.96. The molecule has 3 heteroatoms. The van der Waals surface area contributed by atoms with Crippen LogP contribution in [0, 0.1) is 0 Å². The molecule has 0 aromatic carbocycles. The Kier molecular flexibility index (Phi) is 3.56. The lowest BCUT2D eigenvalue weighted by Gasteiger charge is -2.21. The fourth-order valence-corrected chi connectivity index (χ4v) is 2.00. The van der Waals surface area contributed by atoms with Crippen LogP contribution in [0.2, 0.25) is 0 Å². The molecule has 1 saturated heterocycles. The van der Waals surface area contributed by atoms with E-state index in [2.05, 4.69) is 9.88 Å². The van der Waals surface area contributed by atoms with Crippen LogP contribution >= 0.6 is 0 Å². The number of aromatic nitrogens is 1. The number of hydrogen-bond acceptors (Lipinski definition) is 3. The first kappa shape index (κ1) is 10.4. The molecule has 0 radical (unpaired) electrons. The second-order valence-corrected chi connectivity index (χ2v) is 4.08. The zero-order valence-corrected chi connectivity index (χ0v) is 9.02. The van der Waals surface area contributed by atoms with Gasteiger partial charge in [-0.05, 0) is 24.5 Å². The van der Waals surface area contributed by atoms with Crippen molar-refractivity contribution in [3.63, 3.8) is 0 Å². The Morgan fingerprint density at radius 1 is 1.13 bits per heavy atom. The minimum absolute atomic E-state index is 0.0767. The zero-order chi connectivity index (χ0) is 10.5. The summed E-state index contributed by atoms with van der Waals surface area (Å²) in [5, 5.41) is 8.93. The molecule has 0 bridgehead atoms. The second-order valence-electron chi connectivity index (χ2n) is 4.08. The Balaban J connectivity index is 2.06. The number of aliphatic hydroxyl groups excluding tert-OH is 1. The summed E-state index contributed by atoms with van der Waals surface area (Å²) < 4.78 is 0. The number of rotatable bonds is 2. The van der Waals surface area contributed by atoms with E-state index in [-0.39, 0.29) is 6.61 Å². The van der Waals surface area contributed by atoms with Crippen LogP contribution in [-0.2, 0) is 6.61 Å². The summed E-state index contributed by atoms with van der Waals surface area (Å²) in [4.78, 5) is 6.72. The van der Waals surface area contributed by atoms with Crippen molar-refractivity contribution in [2.45, 2.75) is 32.3 Å². The van der Waals surface area contributed by atoms with Crippen LogP contribution in [0.25, 0.3) is 0 Å². The molecule has 0 amide bonds. The van der Waals surface area contributed by atoms with E-state index in [1.54, 1.807) is 6.20 Å². The maximum absolute atomic E-state index is 8.93. The molecule has 82 valence electrons. The first-order valence-corrected chi connectivity index (χ1v) is 5.71. The summed E-state index contributed by atoms with van der Waals surface area (Å²) in [5.41, 5.74) is 0.883. The molecule has 15 heavy (non-hydrogen) atoms. The number of anilines is 1. The van der Waals surface area contributed by atoms with Crippen molar-refractivity contribution >= 4 is 5.82 Å². The fraction of sp³-hybridized carbons (Fsp3) is 0.583. The van der Waals surface area contributed by atoms with Gasteiger partial charge in [0, 0.05) is 19.3 Å². The first-order chi connectivity index (χ1) is 7.40. The van der Waals surface area contributed by atoms with Crippen LogP contribution in [0.3, 0.4) is 0 Å². The van der Waals surface area contributed by atoms with Crippen molar-refractivity contribution in [2.75, 3.05) is 18.0 Å². The maximum atomic E-state index is 8.93. The fourth-order valence-electron chi connectivity index (χ4n) is 2.00. The minimum atomic E-state index is 0.0767. The van der Waals surface area contributed by atoms with Gasteiger partial charge in [0.2, 0.25) is 0 Å². The summed E-state index contributed by atoms with van der Waals surface area (Å²) >= 11 is 0. The van der Waals surface area contributed by atoms with Crippen LogP contribution in [-0.4, -0.2) is 23.2 Å². The molecule has 1 fully saturated rings. The Morgan fingerprint density at radius 2 is 1.87 bits per heavy atom. The Morgan fingerprint density at radius 3 is 2.40 bits per heavy atom. The van der Waals surface area contributed by atoms with E-state index in [1.165, 1.54) is 25.7 Å². The monoisotopic (exact) mass is 206 g/mol. The summed E-state index contributed by atoms with van der Waals surface area (Å²) in [5.74, 6) is 1.05. The van der Waals surface area contributed by atoms with E-state index in [1.807, 2.05) is 12.1 Å². The highest BCUT2D eigenvalue weighted by molar-refractivity contribution is 5.39. The minimum Gasteiger partial charge on any atom is -0.392 e. The Bertz CT molecular complexity index is 289. The van der Waals surface area contributed by atoms with Crippen LogP contribution in [0.1, 0.15) is 31.2 Å². The predicted molar refractivity (Wildman–Crippen MR) is 60.8 cm³/mol. The van der Waals surface area contributed by atoms with Gasteiger partial charge in [0.05, 0.1) is 6.61 Å². The third-order valence-corrected chi connectivity index (χ3v) is 2.92. The molecule has 0 unspecified atom stereocenters. The smallest absolute Gasteiger partial charge is 0.128 e. The molecule has 0 atom stereocenters. The van der Waals surface area contributed by atoms with Gasteiger partial charge >= 0.3 is 0 Å². The summed E-state index contributed by atoms with van der Waals surface area (Å²) in [7, 11) is 0. The van der Waals surface area contributed by atoms with Crippen molar-refractivity contribution in [1.82, 2.24) is 4.98 Å². The van der Waals surface area contributed by atoms with Crippen LogP contribution < -0.4 is 4.90 Å². The SMILES string of the molecule is OCc1ccc(N2CCCCCC2)nc1. The number of aliphatic hydroxyl groups is 1. The highest BCUT2D eigenvalue weighted by Gasteiger charge is 2.10. The van der Waals surface area contributed by atoms with Crippen molar-refractivity contribution in [3.05, 3.63) is 23.9 Å². The van der Waals surface area contributed by atoms with E-state index < -0.39 is 0 Å². The molecule has 1 aromatic rings. The Hall–Kier alpha value is -1.09. The molecule has 0 saturated carbocycles. The largest absolute Gasteiger partial charge is 0.392 e. The van der Waals surface area contributed by atoms with Gasteiger partial charge in [0.15, 0.2) is 0 Å². The van der Waals surface area contributed by atoms with E-state index in [4.69, 9.17) is 5.11 Å². The molecule has 0 spiro atoms. The van der Waals surface area contributed by atoms with E-state index in [0.717, 1.165) is 24.5 Å². The highest BCUT2D eigenvalue weighted by atomic mass is 16.3. The standard InChI is InChI=1S/C12H18N2O/c15-10-11-5-6-12(13-9-11)14-7-3-1-2-4-8-14/h5-6,9,15H,1-4,7-8,10H2. The van der Waals surface area contributed by atoms with Crippen molar-refractivity contribution in [1.29, 1.82) is 0 Å². The lowest BCUT2D eigenvalue weighted by atomic mass is 10.2. The van der Waals surface area contributed by atoms with Crippen LogP contribution in [0.15, 0.2) is 18.3 Å². The molecule has 0 aliphatic carbocycles. The van der Waals surface area contributed by atoms with Gasteiger partial charge in [0.1, 0.15) is 5.82 Å². The maximum Gasteiger partial charge on any atom is 0.128 e. The number of hydrogen-bond donors (Lipinski definition) is 1. The molecular weight excluding hydrogens is 188 g/mol. The summed E-state index contributed by atoms with van der Waals surface area (Å²) in [6.07, 6.45) is 6.98. The quantitative estimate of drug-likeness (QED) is 0.803. The molecular formula is C12H18N2O. The molecule has 3 nitrogen and oxygen atoms in total. The van der Waals surface area contributed by atoms with Gasteiger partial charge in [-0.3, -0.25) is 0 Å². The van der Waals surface area contributed by atoms with Crippen molar-refractivity contribution in [3.8, 4) is 0 Å². The van der Waals surface area contributed by atoms with Gasteiger partial charge in [0.25, 0.3) is 0 Å². The predicted octanol–water partition coefficient (Wildman–Crippen LogP) is 1.95. The molecule has 1 aromatic heterocycles. The Labute approximate surface area is 90.8 Å². The average molecular weight is 206 g/mol. The van der Waals surface area contributed by atoms with Crippen LogP contribution in [0.5, 0.6) is 0 Å². The first-order valence-electron chi connectivity index (χ1n) is 5.71. The number of nitrogens with zero attached hydrogens (tertiary/aromatic N) is 2. The molecule has 2 rings (SSSR count). The third kappa shape index (κ3) is 2.69. The van der Waals surface area contributed by atoms with E-state index in [0.29, 0.717) is 0 Å².